The van der Waals surface area contributed by atoms with Crippen molar-refractivity contribution < 1.29 is 9.53 Å². The summed E-state index contributed by atoms with van der Waals surface area (Å²) in [6, 6.07) is 7.18. The molecule has 1 aromatic carbocycles. The van der Waals surface area contributed by atoms with E-state index in [0.717, 1.165) is 17.9 Å². The van der Waals surface area contributed by atoms with Gasteiger partial charge < -0.3 is 15.0 Å². The first-order valence-corrected chi connectivity index (χ1v) is 7.78. The predicted molar refractivity (Wildman–Crippen MR) is 82.4 cm³/mol. The zero-order valence-electron chi connectivity index (χ0n) is 13.1. The zero-order valence-corrected chi connectivity index (χ0v) is 13.1. The number of nitrogens with zero attached hydrogens (tertiary/aromatic N) is 1. The fourth-order valence-electron chi connectivity index (χ4n) is 3.22. The molecule has 0 radical (unpaired) electrons. The Balaban J connectivity index is 1.67. The SMILES string of the molecule is COc1ccc(C)cc1[C@H](C)N[C@H]1CC(=O)N(C2CC2)C1. The smallest absolute Gasteiger partial charge is 0.224 e. The summed E-state index contributed by atoms with van der Waals surface area (Å²) in [4.78, 5) is 14.1. The number of likely N-dealkylation sites (tertiary alicyclic amines) is 1. The highest BCUT2D eigenvalue weighted by molar-refractivity contribution is 5.80. The molecule has 1 aliphatic carbocycles. The van der Waals surface area contributed by atoms with Crippen molar-refractivity contribution in [2.45, 2.75) is 51.2 Å². The molecule has 4 nitrogen and oxygen atoms in total. The zero-order chi connectivity index (χ0) is 15.0. The molecule has 1 saturated carbocycles. The molecule has 1 aromatic rings. The summed E-state index contributed by atoms with van der Waals surface area (Å²) >= 11 is 0. The second kappa shape index (κ2) is 5.68. The largest absolute Gasteiger partial charge is 0.496 e. The number of carbonyl (C=O) groups excluding carboxylic acids is 1. The first-order chi connectivity index (χ1) is 10.1. The van der Waals surface area contributed by atoms with Crippen LogP contribution in [0.15, 0.2) is 18.2 Å². The summed E-state index contributed by atoms with van der Waals surface area (Å²) in [5.41, 5.74) is 2.39. The van der Waals surface area contributed by atoms with E-state index in [1.54, 1.807) is 7.11 Å². The van der Waals surface area contributed by atoms with Gasteiger partial charge in [-0.25, -0.2) is 0 Å². The number of carbonyl (C=O) groups is 1. The number of hydrogen-bond acceptors (Lipinski definition) is 3. The van der Waals surface area contributed by atoms with Crippen LogP contribution in [-0.4, -0.2) is 36.5 Å². The third-order valence-electron chi connectivity index (χ3n) is 4.48. The van der Waals surface area contributed by atoms with Gasteiger partial charge in [-0.05, 0) is 32.8 Å². The fraction of sp³-hybridized carbons (Fsp3) is 0.588. The molecule has 3 rings (SSSR count). The van der Waals surface area contributed by atoms with Crippen LogP contribution in [0, 0.1) is 6.92 Å². The van der Waals surface area contributed by atoms with E-state index in [-0.39, 0.29) is 12.1 Å². The summed E-state index contributed by atoms with van der Waals surface area (Å²) in [6.45, 7) is 5.08. The lowest BCUT2D eigenvalue weighted by atomic mass is 10.0. The van der Waals surface area contributed by atoms with E-state index < -0.39 is 0 Å². The van der Waals surface area contributed by atoms with Crippen LogP contribution in [0.5, 0.6) is 5.75 Å². The van der Waals surface area contributed by atoms with E-state index in [9.17, 15) is 4.79 Å². The topological polar surface area (TPSA) is 41.6 Å². The highest BCUT2D eigenvalue weighted by Crippen LogP contribution is 2.32. The Bertz CT molecular complexity index is 540. The number of hydrogen-bond donors (Lipinski definition) is 1. The van der Waals surface area contributed by atoms with Crippen molar-refractivity contribution >= 4 is 5.91 Å². The van der Waals surface area contributed by atoms with E-state index in [1.165, 1.54) is 18.4 Å². The van der Waals surface area contributed by atoms with Gasteiger partial charge in [-0.2, -0.15) is 0 Å². The van der Waals surface area contributed by atoms with Gasteiger partial charge in [0.05, 0.1) is 7.11 Å². The van der Waals surface area contributed by atoms with Crippen LogP contribution >= 0.6 is 0 Å². The fourth-order valence-corrected chi connectivity index (χ4v) is 3.22. The van der Waals surface area contributed by atoms with Gasteiger partial charge in [-0.3, -0.25) is 4.79 Å². The van der Waals surface area contributed by atoms with Crippen LogP contribution in [0.3, 0.4) is 0 Å². The van der Waals surface area contributed by atoms with Crippen molar-refractivity contribution in [2.75, 3.05) is 13.7 Å². The third kappa shape index (κ3) is 3.05. The Hall–Kier alpha value is -1.55. The number of amides is 1. The molecule has 0 bridgehead atoms. The standard InChI is InChI=1S/C17H24N2O2/c1-11-4-7-16(21-3)15(8-11)12(2)18-13-9-17(20)19(10-13)14-5-6-14/h4,7-8,12-14,18H,5-6,9-10H2,1-3H3/t12-,13-/m0/s1. The van der Waals surface area contributed by atoms with Gasteiger partial charge in [-0.15, -0.1) is 0 Å². The number of benzene rings is 1. The van der Waals surface area contributed by atoms with Crippen molar-refractivity contribution in [3.63, 3.8) is 0 Å². The molecule has 2 atom stereocenters. The van der Waals surface area contributed by atoms with Gasteiger partial charge in [-0.1, -0.05) is 17.7 Å². The van der Waals surface area contributed by atoms with Crippen molar-refractivity contribution in [1.82, 2.24) is 10.2 Å². The molecule has 0 aromatic heterocycles. The summed E-state index contributed by atoms with van der Waals surface area (Å²) in [5.74, 6) is 1.21. The van der Waals surface area contributed by atoms with E-state index >= 15 is 0 Å². The Kier molecular flexibility index (Phi) is 3.89. The summed E-state index contributed by atoms with van der Waals surface area (Å²) in [5, 5.41) is 3.60. The molecule has 1 amide bonds. The van der Waals surface area contributed by atoms with Gasteiger partial charge in [0.2, 0.25) is 5.91 Å². The molecule has 21 heavy (non-hydrogen) atoms. The van der Waals surface area contributed by atoms with Crippen LogP contribution < -0.4 is 10.1 Å². The van der Waals surface area contributed by atoms with Crippen LogP contribution in [-0.2, 0) is 4.79 Å². The lowest BCUT2D eigenvalue weighted by Gasteiger charge is -2.22. The van der Waals surface area contributed by atoms with Crippen molar-refractivity contribution in [2.24, 2.45) is 0 Å². The second-order valence-electron chi connectivity index (χ2n) is 6.31. The predicted octanol–water partition coefficient (Wildman–Crippen LogP) is 2.42. The minimum absolute atomic E-state index is 0.178. The summed E-state index contributed by atoms with van der Waals surface area (Å²) in [6.07, 6.45) is 2.98. The van der Waals surface area contributed by atoms with Gasteiger partial charge in [0.15, 0.2) is 0 Å². The quantitative estimate of drug-likeness (QED) is 0.904. The summed E-state index contributed by atoms with van der Waals surface area (Å²) < 4.78 is 5.46. The summed E-state index contributed by atoms with van der Waals surface area (Å²) in [7, 11) is 1.70. The Morgan fingerprint density at radius 3 is 2.81 bits per heavy atom. The van der Waals surface area contributed by atoms with Crippen LogP contribution in [0.2, 0.25) is 0 Å². The number of rotatable bonds is 5. The number of aryl methyl sites for hydroxylation is 1. The van der Waals surface area contributed by atoms with E-state index in [4.69, 9.17) is 4.74 Å². The maximum atomic E-state index is 12.0. The van der Waals surface area contributed by atoms with Gasteiger partial charge in [0.25, 0.3) is 0 Å². The van der Waals surface area contributed by atoms with Gasteiger partial charge >= 0.3 is 0 Å². The van der Waals surface area contributed by atoms with Crippen molar-refractivity contribution in [1.29, 1.82) is 0 Å². The first-order valence-electron chi connectivity index (χ1n) is 7.78. The Morgan fingerprint density at radius 1 is 1.38 bits per heavy atom. The third-order valence-corrected chi connectivity index (χ3v) is 4.48. The molecule has 0 unspecified atom stereocenters. The molecular formula is C17H24N2O2. The Labute approximate surface area is 126 Å². The molecule has 0 spiro atoms. The molecular weight excluding hydrogens is 264 g/mol. The Morgan fingerprint density at radius 2 is 2.14 bits per heavy atom. The van der Waals surface area contributed by atoms with Crippen LogP contribution in [0.1, 0.15) is 43.4 Å². The molecule has 2 fully saturated rings. The average Bonchev–Trinajstić information content (AvgIpc) is 3.23. The highest BCUT2D eigenvalue weighted by atomic mass is 16.5. The molecule has 4 heteroatoms. The molecule has 1 saturated heterocycles. The first kappa shape index (κ1) is 14.4. The lowest BCUT2D eigenvalue weighted by Crippen LogP contribution is -2.35. The van der Waals surface area contributed by atoms with Gasteiger partial charge in [0, 0.05) is 36.7 Å². The normalized spacial score (nSPS) is 23.5. The van der Waals surface area contributed by atoms with E-state index in [1.807, 2.05) is 6.07 Å². The van der Waals surface area contributed by atoms with Crippen LogP contribution in [0.4, 0.5) is 0 Å². The molecule has 2 aliphatic rings. The second-order valence-corrected chi connectivity index (χ2v) is 6.31. The van der Waals surface area contributed by atoms with E-state index in [0.29, 0.717) is 18.4 Å². The minimum Gasteiger partial charge on any atom is -0.496 e. The molecule has 114 valence electrons. The van der Waals surface area contributed by atoms with Crippen LogP contribution in [0.25, 0.3) is 0 Å². The number of methoxy groups -OCH3 is 1. The molecule has 1 heterocycles. The lowest BCUT2D eigenvalue weighted by molar-refractivity contribution is -0.128. The van der Waals surface area contributed by atoms with Gasteiger partial charge in [0.1, 0.15) is 5.75 Å². The van der Waals surface area contributed by atoms with Crippen molar-refractivity contribution in [3.05, 3.63) is 29.3 Å². The van der Waals surface area contributed by atoms with Crippen molar-refractivity contribution in [3.8, 4) is 5.75 Å². The van der Waals surface area contributed by atoms with E-state index in [2.05, 4.69) is 36.2 Å². The highest BCUT2D eigenvalue weighted by Gasteiger charge is 2.39. The minimum atomic E-state index is 0.178. The monoisotopic (exact) mass is 288 g/mol. The molecule has 1 aliphatic heterocycles. The number of nitrogens with one attached hydrogen (secondary N) is 1. The maximum absolute atomic E-state index is 12.0. The molecule has 1 N–H and O–H groups in total. The maximum Gasteiger partial charge on any atom is 0.224 e. The average molecular weight is 288 g/mol. The number of ether oxygens (including phenoxy) is 1.